The molecule has 0 unspecified atom stereocenters. The first-order chi connectivity index (χ1) is 12.2. The van der Waals surface area contributed by atoms with Gasteiger partial charge < -0.3 is 10.2 Å². The van der Waals surface area contributed by atoms with Gasteiger partial charge >= 0.3 is 24.1 Å². The van der Waals surface area contributed by atoms with E-state index < -0.39 is 35.2 Å². The number of rotatable bonds is 5. The lowest BCUT2D eigenvalue weighted by atomic mass is 10.2. The molecule has 0 aliphatic heterocycles. The number of halogens is 7. The van der Waals surface area contributed by atoms with Crippen molar-refractivity contribution >= 4 is 28.5 Å². The van der Waals surface area contributed by atoms with Crippen LogP contribution in [0.1, 0.15) is 19.4 Å². The Labute approximate surface area is 155 Å². The molecule has 1 aromatic carbocycles. The lowest BCUT2D eigenvalue weighted by Gasteiger charge is -2.34. The number of benzene rings is 1. The van der Waals surface area contributed by atoms with E-state index in [4.69, 9.17) is 11.6 Å². The highest BCUT2D eigenvalue weighted by Crippen LogP contribution is 2.44. The Morgan fingerprint density at radius 2 is 1.56 bits per heavy atom. The van der Waals surface area contributed by atoms with Gasteiger partial charge in [0.15, 0.2) is 0 Å². The van der Waals surface area contributed by atoms with Gasteiger partial charge in [0.1, 0.15) is 5.17 Å². The zero-order chi connectivity index (χ0) is 21.0. The van der Waals surface area contributed by atoms with Gasteiger partial charge in [-0.25, -0.2) is 4.79 Å². The highest BCUT2D eigenvalue weighted by molar-refractivity contribution is 6.65. The van der Waals surface area contributed by atoms with E-state index in [1.54, 1.807) is 6.92 Å². The van der Waals surface area contributed by atoms with E-state index in [9.17, 15) is 31.1 Å². The monoisotopic (exact) mass is 419 g/mol. The second kappa shape index (κ2) is 8.24. The summed E-state index contributed by atoms with van der Waals surface area (Å²) in [4.78, 5) is 15.5. The van der Waals surface area contributed by atoms with E-state index in [0.29, 0.717) is 0 Å². The van der Waals surface area contributed by atoms with Crippen LogP contribution in [0.3, 0.4) is 0 Å². The number of amides is 2. The summed E-state index contributed by atoms with van der Waals surface area (Å²) in [6, 6.07) is 3.79. The molecule has 0 radical (unpaired) electrons. The first-order valence-electron chi connectivity index (χ1n) is 7.40. The van der Waals surface area contributed by atoms with Crippen molar-refractivity contribution in [2.45, 2.75) is 38.8 Å². The Hall–Kier alpha value is -2.17. The van der Waals surface area contributed by atoms with Crippen LogP contribution in [0.2, 0.25) is 0 Å². The summed E-state index contributed by atoms with van der Waals surface area (Å²) in [7, 11) is 0. The first kappa shape index (κ1) is 22.9. The zero-order valence-corrected chi connectivity index (χ0v) is 15.1. The van der Waals surface area contributed by atoms with Crippen LogP contribution in [0, 0.1) is 12.8 Å². The van der Waals surface area contributed by atoms with Crippen molar-refractivity contribution in [1.29, 1.82) is 0 Å². The summed E-state index contributed by atoms with van der Waals surface area (Å²) in [5.74, 6) is -0.702. The van der Waals surface area contributed by atoms with E-state index in [0.717, 1.165) is 10.9 Å². The molecule has 27 heavy (non-hydrogen) atoms. The van der Waals surface area contributed by atoms with Crippen LogP contribution in [0.5, 0.6) is 0 Å². The SMILES string of the molecule is Cc1ccc(NC(=O)NC(O/N=C(\Cl)C(C)C)(C(F)(F)F)C(F)(F)F)cc1. The van der Waals surface area contributed by atoms with E-state index in [1.807, 2.05) is 5.32 Å². The number of nitrogens with zero attached hydrogens (tertiary/aromatic N) is 1. The predicted octanol–water partition coefficient (Wildman–Crippen LogP) is 5.16. The molecule has 152 valence electrons. The summed E-state index contributed by atoms with van der Waals surface area (Å²) < 4.78 is 79.6. The molecule has 0 atom stereocenters. The van der Waals surface area contributed by atoms with Crippen LogP contribution in [0.4, 0.5) is 36.8 Å². The molecule has 0 aromatic heterocycles. The molecular formula is C15H16ClF6N3O2. The van der Waals surface area contributed by atoms with Crippen LogP contribution in [-0.2, 0) is 4.84 Å². The van der Waals surface area contributed by atoms with Crippen molar-refractivity contribution < 1.29 is 36.0 Å². The number of carbonyl (C=O) groups is 1. The number of alkyl halides is 6. The molecule has 0 saturated heterocycles. The van der Waals surface area contributed by atoms with E-state index in [1.165, 1.54) is 38.1 Å². The molecule has 0 saturated carbocycles. The van der Waals surface area contributed by atoms with Crippen LogP contribution in [-0.4, -0.2) is 29.3 Å². The lowest BCUT2D eigenvalue weighted by molar-refractivity contribution is -0.388. The van der Waals surface area contributed by atoms with Crippen LogP contribution in [0.15, 0.2) is 29.4 Å². The summed E-state index contributed by atoms with van der Waals surface area (Å²) in [5.41, 5.74) is -4.36. The second-order valence-corrected chi connectivity index (χ2v) is 6.17. The minimum absolute atomic E-state index is 0.0277. The first-order valence-corrected chi connectivity index (χ1v) is 7.78. The zero-order valence-electron chi connectivity index (χ0n) is 14.3. The molecule has 0 aliphatic rings. The van der Waals surface area contributed by atoms with Crippen molar-refractivity contribution in [2.75, 3.05) is 5.32 Å². The van der Waals surface area contributed by atoms with Gasteiger partial charge in [-0.15, -0.1) is 0 Å². The molecule has 2 N–H and O–H groups in total. The van der Waals surface area contributed by atoms with E-state index in [-0.39, 0.29) is 5.69 Å². The van der Waals surface area contributed by atoms with Gasteiger partial charge in [0.05, 0.1) is 0 Å². The molecule has 0 bridgehead atoms. The number of urea groups is 1. The fraction of sp³-hybridized carbons (Fsp3) is 0.467. The number of hydrogen-bond acceptors (Lipinski definition) is 3. The van der Waals surface area contributed by atoms with Gasteiger partial charge in [-0.3, -0.25) is 5.32 Å². The number of oxime groups is 1. The fourth-order valence-corrected chi connectivity index (χ4v) is 1.64. The molecule has 1 aromatic rings. The van der Waals surface area contributed by atoms with Crippen LogP contribution in [0.25, 0.3) is 0 Å². The Kier molecular flexibility index (Phi) is 6.98. The number of hydrogen-bond donors (Lipinski definition) is 2. The van der Waals surface area contributed by atoms with Crippen molar-refractivity contribution in [3.63, 3.8) is 0 Å². The smallest absolute Gasteiger partial charge is 0.346 e. The highest BCUT2D eigenvalue weighted by Gasteiger charge is 2.76. The minimum atomic E-state index is -6.09. The van der Waals surface area contributed by atoms with E-state index >= 15 is 0 Å². The Bertz CT molecular complexity index is 672. The third-order valence-corrected chi connectivity index (χ3v) is 3.65. The average Bonchev–Trinajstić information content (AvgIpc) is 2.50. The highest BCUT2D eigenvalue weighted by atomic mass is 35.5. The fourth-order valence-electron chi connectivity index (χ4n) is 1.61. The Morgan fingerprint density at radius 1 is 1.07 bits per heavy atom. The Morgan fingerprint density at radius 3 is 1.96 bits per heavy atom. The maximum absolute atomic E-state index is 13.3. The van der Waals surface area contributed by atoms with Gasteiger partial charge in [-0.1, -0.05) is 48.3 Å². The van der Waals surface area contributed by atoms with Crippen LogP contribution < -0.4 is 10.6 Å². The molecule has 0 aliphatic carbocycles. The largest absolute Gasteiger partial charge is 0.461 e. The standard InChI is InChI=1S/C15H16ClF6N3O2/c1-8(2)11(16)25-27-13(14(17,18)19,15(20,21)22)24-12(26)23-10-6-4-9(3)5-7-10/h4-8H,1-3H3,(H2,23,24,26)/b25-11-. The van der Waals surface area contributed by atoms with Crippen molar-refractivity contribution in [1.82, 2.24) is 5.32 Å². The van der Waals surface area contributed by atoms with Crippen molar-refractivity contribution in [3.8, 4) is 0 Å². The second-order valence-electron chi connectivity index (χ2n) is 5.78. The third-order valence-electron chi connectivity index (χ3n) is 3.14. The van der Waals surface area contributed by atoms with E-state index in [2.05, 4.69) is 9.99 Å². The summed E-state index contributed by atoms with van der Waals surface area (Å²) >= 11 is 5.47. The van der Waals surface area contributed by atoms with Gasteiger partial charge in [0, 0.05) is 11.6 Å². The maximum Gasteiger partial charge on any atom is 0.461 e. The lowest BCUT2D eigenvalue weighted by Crippen LogP contribution is -2.69. The number of anilines is 1. The Balaban J connectivity index is 3.21. The summed E-state index contributed by atoms with van der Waals surface area (Å²) in [6.07, 6.45) is -12.2. The molecule has 2 amide bonds. The van der Waals surface area contributed by atoms with Crippen LogP contribution >= 0.6 is 11.6 Å². The molecule has 12 heteroatoms. The molecule has 1 rings (SSSR count). The van der Waals surface area contributed by atoms with Crippen molar-refractivity contribution in [3.05, 3.63) is 29.8 Å². The third kappa shape index (κ3) is 5.65. The quantitative estimate of drug-likeness (QED) is 0.299. The number of carbonyl (C=O) groups excluding carboxylic acids is 1. The summed E-state index contributed by atoms with van der Waals surface area (Å²) in [5, 5.41) is 4.70. The van der Waals surface area contributed by atoms with Gasteiger partial charge in [-0.05, 0) is 19.1 Å². The van der Waals surface area contributed by atoms with Gasteiger partial charge in [0.2, 0.25) is 0 Å². The maximum atomic E-state index is 13.3. The topological polar surface area (TPSA) is 62.7 Å². The number of nitrogens with one attached hydrogen (secondary N) is 2. The minimum Gasteiger partial charge on any atom is -0.346 e. The molecular weight excluding hydrogens is 404 g/mol. The predicted molar refractivity (Wildman–Crippen MR) is 87.4 cm³/mol. The van der Waals surface area contributed by atoms with Gasteiger partial charge in [0.25, 0.3) is 0 Å². The molecule has 0 heterocycles. The van der Waals surface area contributed by atoms with Gasteiger partial charge in [-0.2, -0.15) is 26.3 Å². The molecule has 0 fully saturated rings. The molecule has 0 spiro atoms. The average molecular weight is 420 g/mol. The summed E-state index contributed by atoms with van der Waals surface area (Å²) in [6.45, 7) is 4.44. The number of aryl methyl sites for hydroxylation is 1. The van der Waals surface area contributed by atoms with Crippen molar-refractivity contribution in [2.24, 2.45) is 11.1 Å². The molecule has 5 nitrogen and oxygen atoms in total. The normalized spacial score (nSPS) is 13.5.